The van der Waals surface area contributed by atoms with E-state index in [1.807, 2.05) is 0 Å². The Hall–Kier alpha value is -0.720. The van der Waals surface area contributed by atoms with Crippen molar-refractivity contribution in [2.75, 3.05) is 6.61 Å². The third-order valence-electron chi connectivity index (χ3n) is 2.01. The summed E-state index contributed by atoms with van der Waals surface area (Å²) in [6.07, 6.45) is 12.3. The maximum atomic E-state index is 5.59. The molecule has 0 saturated heterocycles. The van der Waals surface area contributed by atoms with Gasteiger partial charge in [0.05, 0.1) is 12.4 Å². The van der Waals surface area contributed by atoms with Gasteiger partial charge in [0.15, 0.2) is 0 Å². The van der Waals surface area contributed by atoms with E-state index in [1.54, 1.807) is 0 Å². The second-order valence-corrected chi connectivity index (χ2v) is 3.16. The Morgan fingerprint density at radius 3 is 3.00 bits per heavy atom. The molecule has 0 bridgehead atoms. The van der Waals surface area contributed by atoms with Gasteiger partial charge >= 0.3 is 0 Å². The van der Waals surface area contributed by atoms with E-state index in [1.165, 1.54) is 19.3 Å². The van der Waals surface area contributed by atoms with Crippen molar-refractivity contribution in [3.8, 4) is 0 Å². The lowest BCUT2D eigenvalue weighted by Gasteiger charge is -2.10. The second kappa shape index (κ2) is 5.87. The van der Waals surface area contributed by atoms with Gasteiger partial charge in [0.1, 0.15) is 0 Å². The van der Waals surface area contributed by atoms with Gasteiger partial charge in [-0.1, -0.05) is 31.9 Å². The highest BCUT2D eigenvalue weighted by molar-refractivity contribution is 5.12. The Bertz CT molecular complexity index is 168. The summed E-state index contributed by atoms with van der Waals surface area (Å²) in [4.78, 5) is 0. The third kappa shape index (κ3) is 3.61. The van der Waals surface area contributed by atoms with Crippen LogP contribution >= 0.6 is 0 Å². The summed E-state index contributed by atoms with van der Waals surface area (Å²) in [5.74, 6) is 1.16. The van der Waals surface area contributed by atoms with Crippen LogP contribution in [-0.2, 0) is 4.74 Å². The lowest BCUT2D eigenvalue weighted by Crippen LogP contribution is -1.96. The number of hydrogen-bond acceptors (Lipinski definition) is 1. The first kappa shape index (κ1) is 9.37. The van der Waals surface area contributed by atoms with E-state index in [9.17, 15) is 0 Å². The molecule has 1 nitrogen and oxygen atoms in total. The van der Waals surface area contributed by atoms with Crippen molar-refractivity contribution < 1.29 is 4.74 Å². The molecular formula is C11H18O. The molecule has 1 aliphatic rings. The molecule has 0 fully saturated rings. The molecule has 0 atom stereocenters. The summed E-state index contributed by atoms with van der Waals surface area (Å²) in [7, 11) is 0. The van der Waals surface area contributed by atoms with E-state index in [4.69, 9.17) is 4.74 Å². The zero-order valence-corrected chi connectivity index (χ0v) is 7.88. The fourth-order valence-electron chi connectivity index (χ4n) is 1.26. The summed E-state index contributed by atoms with van der Waals surface area (Å²) >= 11 is 0. The van der Waals surface area contributed by atoms with Crippen LogP contribution in [0.25, 0.3) is 0 Å². The minimum Gasteiger partial charge on any atom is -0.498 e. The molecule has 0 heterocycles. The van der Waals surface area contributed by atoms with Crippen molar-refractivity contribution >= 4 is 0 Å². The van der Waals surface area contributed by atoms with Crippen LogP contribution in [0.5, 0.6) is 0 Å². The maximum absolute atomic E-state index is 5.59. The zero-order chi connectivity index (χ0) is 8.65. The molecule has 68 valence electrons. The van der Waals surface area contributed by atoms with Gasteiger partial charge in [-0.05, 0) is 18.9 Å². The Morgan fingerprint density at radius 2 is 2.33 bits per heavy atom. The van der Waals surface area contributed by atoms with Gasteiger partial charge in [0, 0.05) is 6.42 Å². The SMILES string of the molecule is CCCCCOC1=CC=CCC1. The van der Waals surface area contributed by atoms with Crippen LogP contribution in [0.2, 0.25) is 0 Å². The van der Waals surface area contributed by atoms with Crippen LogP contribution in [0.3, 0.4) is 0 Å². The fourth-order valence-corrected chi connectivity index (χ4v) is 1.26. The number of allylic oxidation sites excluding steroid dienone is 4. The third-order valence-corrected chi connectivity index (χ3v) is 2.01. The molecule has 1 aliphatic carbocycles. The molecule has 0 saturated carbocycles. The average Bonchev–Trinajstić information content (AvgIpc) is 2.14. The first-order valence-electron chi connectivity index (χ1n) is 4.92. The first-order valence-corrected chi connectivity index (χ1v) is 4.92. The molecule has 1 heteroatoms. The van der Waals surface area contributed by atoms with Gasteiger partial charge in [0.2, 0.25) is 0 Å². The van der Waals surface area contributed by atoms with Crippen LogP contribution in [0.4, 0.5) is 0 Å². The topological polar surface area (TPSA) is 9.23 Å². The largest absolute Gasteiger partial charge is 0.498 e. The number of rotatable bonds is 5. The maximum Gasteiger partial charge on any atom is 0.0962 e. The van der Waals surface area contributed by atoms with Gasteiger partial charge in [-0.25, -0.2) is 0 Å². The highest BCUT2D eigenvalue weighted by Crippen LogP contribution is 2.13. The van der Waals surface area contributed by atoms with Crippen LogP contribution in [-0.4, -0.2) is 6.61 Å². The van der Waals surface area contributed by atoms with Crippen molar-refractivity contribution in [3.63, 3.8) is 0 Å². The Morgan fingerprint density at radius 1 is 1.42 bits per heavy atom. The van der Waals surface area contributed by atoms with Crippen molar-refractivity contribution in [2.24, 2.45) is 0 Å². The van der Waals surface area contributed by atoms with Crippen LogP contribution in [0, 0.1) is 0 Å². The molecule has 12 heavy (non-hydrogen) atoms. The molecule has 0 N–H and O–H groups in total. The molecule has 1 rings (SSSR count). The van der Waals surface area contributed by atoms with E-state index in [2.05, 4.69) is 25.2 Å². The first-order chi connectivity index (χ1) is 5.93. The van der Waals surface area contributed by atoms with Gasteiger partial charge in [-0.3, -0.25) is 0 Å². The minimum absolute atomic E-state index is 0.896. The van der Waals surface area contributed by atoms with Crippen molar-refractivity contribution in [2.45, 2.75) is 39.0 Å². The second-order valence-electron chi connectivity index (χ2n) is 3.16. The molecule has 0 aliphatic heterocycles. The van der Waals surface area contributed by atoms with Gasteiger partial charge < -0.3 is 4.74 Å². The standard InChI is InChI=1S/C11H18O/c1-2-3-7-10-12-11-8-5-4-6-9-11/h4-5,8H,2-3,6-7,9-10H2,1H3. The van der Waals surface area contributed by atoms with Gasteiger partial charge in [0.25, 0.3) is 0 Å². The molecule has 0 radical (unpaired) electrons. The summed E-state index contributed by atoms with van der Waals surface area (Å²) in [6.45, 7) is 3.11. The predicted octanol–water partition coefficient (Wildman–Crippen LogP) is 3.43. The van der Waals surface area contributed by atoms with E-state index >= 15 is 0 Å². The Kier molecular flexibility index (Phi) is 4.58. The van der Waals surface area contributed by atoms with Crippen LogP contribution in [0.15, 0.2) is 24.0 Å². The number of unbranched alkanes of at least 4 members (excludes halogenated alkanes) is 2. The molecule has 0 spiro atoms. The van der Waals surface area contributed by atoms with Gasteiger partial charge in [-0.15, -0.1) is 0 Å². The minimum atomic E-state index is 0.896. The van der Waals surface area contributed by atoms with Crippen molar-refractivity contribution in [3.05, 3.63) is 24.0 Å². The van der Waals surface area contributed by atoms with E-state index in [0.717, 1.165) is 25.2 Å². The summed E-state index contributed by atoms with van der Waals surface area (Å²) in [5.41, 5.74) is 0. The monoisotopic (exact) mass is 166 g/mol. The summed E-state index contributed by atoms with van der Waals surface area (Å²) < 4.78 is 5.59. The van der Waals surface area contributed by atoms with E-state index in [-0.39, 0.29) is 0 Å². The molecular weight excluding hydrogens is 148 g/mol. The quantitative estimate of drug-likeness (QED) is 0.568. The number of ether oxygens (including phenoxy) is 1. The molecule has 0 aromatic heterocycles. The molecule has 0 aromatic rings. The zero-order valence-electron chi connectivity index (χ0n) is 7.88. The van der Waals surface area contributed by atoms with E-state index < -0.39 is 0 Å². The lowest BCUT2D eigenvalue weighted by atomic mass is 10.2. The smallest absolute Gasteiger partial charge is 0.0962 e. The molecule has 0 aromatic carbocycles. The van der Waals surface area contributed by atoms with Crippen molar-refractivity contribution in [1.29, 1.82) is 0 Å². The normalized spacial score (nSPS) is 15.9. The van der Waals surface area contributed by atoms with E-state index in [0.29, 0.717) is 0 Å². The Labute approximate surface area is 75.1 Å². The van der Waals surface area contributed by atoms with Crippen LogP contribution < -0.4 is 0 Å². The predicted molar refractivity (Wildman–Crippen MR) is 51.9 cm³/mol. The number of hydrogen-bond donors (Lipinski definition) is 0. The fraction of sp³-hybridized carbons (Fsp3) is 0.636. The summed E-state index contributed by atoms with van der Waals surface area (Å²) in [5, 5.41) is 0. The van der Waals surface area contributed by atoms with Gasteiger partial charge in [-0.2, -0.15) is 0 Å². The lowest BCUT2D eigenvalue weighted by molar-refractivity contribution is 0.196. The highest BCUT2D eigenvalue weighted by Gasteiger charge is 1.98. The molecule has 0 amide bonds. The average molecular weight is 166 g/mol. The summed E-state index contributed by atoms with van der Waals surface area (Å²) in [6, 6.07) is 0. The highest BCUT2D eigenvalue weighted by atomic mass is 16.5. The molecule has 0 unspecified atom stereocenters. The van der Waals surface area contributed by atoms with Crippen molar-refractivity contribution in [1.82, 2.24) is 0 Å². The Balaban J connectivity index is 2.06. The van der Waals surface area contributed by atoms with Crippen LogP contribution in [0.1, 0.15) is 39.0 Å².